The Morgan fingerprint density at radius 1 is 0.392 bits per heavy atom. The van der Waals surface area contributed by atoms with Crippen molar-refractivity contribution in [3.05, 3.63) is 284 Å². The fourth-order valence-corrected chi connectivity index (χ4v) is 15.6. The molecule has 7 aliphatic rings. The summed E-state index contributed by atoms with van der Waals surface area (Å²) in [5, 5.41) is 30.7. The Morgan fingerprint density at radius 2 is 0.680 bits per heavy atom. The standard InChI is InChI=1S/2C12H14N2O2.C11H20N2O2.C10H12ClNO2.2C10H10ClNO.C10H13NO2.2C10H11NO.Na.H/c2*13-11(15)8-14-7-10(6-12(14)16)9-4-2-1-3-5-9;1-3-5-8-6-10(14)13(7-8)9(4-2)11(12)15;11-9-3-1-7(2-4-9)8(6-12)5-10(13)14;2*11-9-3-1-7(2-4-9)8-5-10(13)12-6-8;11-7-9(6-10(12)13)8-4-2-1-3-5-8;2*12-10-6-9(7-11-10)8-4-2-1-3-5-8;;/h2*1-5,10H,6-8H2,(H2,13,15);8-9H,3-7H2,1-2H3,(H2,12,15);1-4,8H,5-6,12H2,(H,13,14);2*1-4,8H,5-6H2,(H,12,13);1-5,9H,6-7,11H2,(H,12,13);2*1-5,9H,6-7H2,(H,11,12);;/q;;;;;;;;;+1;-1/t2*10-;8-,9?;3*8-;3*9-;;/m101110110../s1. The van der Waals surface area contributed by atoms with Gasteiger partial charge in [-0.2, -0.15) is 0 Å². The van der Waals surface area contributed by atoms with E-state index < -0.39 is 29.8 Å². The van der Waals surface area contributed by atoms with Crippen LogP contribution in [0.2, 0.25) is 15.1 Å². The molecule has 30 heteroatoms. The number of carboxylic acid groups (broad SMARTS) is 2. The van der Waals surface area contributed by atoms with Gasteiger partial charge in [0.1, 0.15) is 6.04 Å². The topological polar surface area (TPSA) is 433 Å². The molecule has 10 atom stereocenters. The van der Waals surface area contributed by atoms with Crippen molar-refractivity contribution in [1.29, 1.82) is 0 Å². The van der Waals surface area contributed by atoms with Gasteiger partial charge in [-0.3, -0.25) is 57.5 Å². The number of likely N-dealkylation sites (tertiary alicyclic amines) is 3. The van der Waals surface area contributed by atoms with Gasteiger partial charge in [0.25, 0.3) is 0 Å². The first-order chi connectivity index (χ1) is 59.5. The average Bonchev–Trinajstić information content (AvgIpc) is 1.70. The van der Waals surface area contributed by atoms with E-state index in [-0.39, 0.29) is 128 Å². The molecule has 16 N–H and O–H groups in total. The number of nitrogens with one attached hydrogen (secondary N) is 4. The third-order valence-electron chi connectivity index (χ3n) is 21.8. The van der Waals surface area contributed by atoms with Crippen LogP contribution in [0.3, 0.4) is 0 Å². The van der Waals surface area contributed by atoms with Gasteiger partial charge in [0.15, 0.2) is 0 Å². The Kier molecular flexibility index (Phi) is 45.2. The van der Waals surface area contributed by atoms with Crippen LogP contribution >= 0.6 is 34.8 Å². The number of nitrogens with zero attached hydrogens (tertiary/aromatic N) is 3. The van der Waals surface area contributed by atoms with Crippen molar-refractivity contribution < 1.29 is 98.7 Å². The Morgan fingerprint density at radius 3 is 0.944 bits per heavy atom. The number of carbonyl (C=O) groups is 12. The third kappa shape index (κ3) is 36.4. The number of primary amides is 3. The quantitative estimate of drug-likeness (QED) is 0.0267. The second kappa shape index (κ2) is 54.8. The van der Waals surface area contributed by atoms with Gasteiger partial charge in [-0.1, -0.05) is 243 Å². The van der Waals surface area contributed by atoms with Gasteiger partial charge in [0.2, 0.25) is 59.1 Å². The summed E-state index contributed by atoms with van der Waals surface area (Å²) < 4.78 is 0. The van der Waals surface area contributed by atoms with E-state index in [2.05, 4.69) is 52.5 Å². The van der Waals surface area contributed by atoms with Crippen LogP contribution in [0.15, 0.2) is 224 Å². The zero-order valence-electron chi connectivity index (χ0n) is 72.1. The van der Waals surface area contributed by atoms with Crippen molar-refractivity contribution in [2.75, 3.05) is 72.0 Å². The summed E-state index contributed by atoms with van der Waals surface area (Å²) in [5.74, 6) is -0.221. The van der Waals surface area contributed by atoms with Crippen molar-refractivity contribution in [3.63, 3.8) is 0 Å². The molecule has 1 unspecified atom stereocenters. The van der Waals surface area contributed by atoms with Crippen molar-refractivity contribution in [1.82, 2.24) is 36.0 Å². The van der Waals surface area contributed by atoms with Gasteiger partial charge < -0.3 is 76.3 Å². The first-order valence-corrected chi connectivity index (χ1v) is 42.8. The molecule has 7 aliphatic heterocycles. The number of aliphatic carboxylic acids is 2. The van der Waals surface area contributed by atoms with Gasteiger partial charge in [0.05, 0.1) is 25.9 Å². The molecule has 7 heterocycles. The number of rotatable bonds is 23. The second-order valence-electron chi connectivity index (χ2n) is 31.1. The van der Waals surface area contributed by atoms with E-state index >= 15 is 0 Å². The van der Waals surface area contributed by atoms with Crippen molar-refractivity contribution in [3.8, 4) is 0 Å². The molecule has 0 aromatic heterocycles. The average molecular weight is 1780 g/mol. The molecular weight excluding hydrogens is 1660 g/mol. The van der Waals surface area contributed by atoms with E-state index in [0.29, 0.717) is 119 Å². The normalized spacial score (nSPS) is 19.4. The van der Waals surface area contributed by atoms with Crippen molar-refractivity contribution in [2.45, 2.75) is 144 Å². The second-order valence-corrected chi connectivity index (χ2v) is 32.4. The maximum atomic E-state index is 11.7. The number of hydrogen-bond donors (Lipinski definition) is 11. The van der Waals surface area contributed by atoms with Gasteiger partial charge in [-0.25, -0.2) is 0 Å². The van der Waals surface area contributed by atoms with E-state index in [1.165, 1.54) is 32.1 Å². The minimum atomic E-state index is -0.838. The van der Waals surface area contributed by atoms with Gasteiger partial charge in [-0.15, -0.1) is 0 Å². The molecule has 0 radical (unpaired) electrons. The van der Waals surface area contributed by atoms with E-state index in [0.717, 1.165) is 71.3 Å². The summed E-state index contributed by atoms with van der Waals surface area (Å²) >= 11 is 17.2. The monoisotopic (exact) mass is 1780 g/mol. The number of carbonyl (C=O) groups excluding carboxylic acids is 10. The molecule has 26 nitrogen and oxygen atoms in total. The fourth-order valence-electron chi connectivity index (χ4n) is 15.2. The summed E-state index contributed by atoms with van der Waals surface area (Å²) in [6.45, 7) is 9.72. The Bertz CT molecular complexity index is 4530. The summed E-state index contributed by atoms with van der Waals surface area (Å²) in [5.41, 5.74) is 35.5. The van der Waals surface area contributed by atoms with Crippen LogP contribution in [0.25, 0.3) is 0 Å². The zero-order chi connectivity index (χ0) is 90.0. The minimum absolute atomic E-state index is 0. The number of carboxylic acids is 2. The first-order valence-electron chi connectivity index (χ1n) is 41.7. The molecule has 15 rings (SSSR count). The number of nitrogens with two attached hydrogens (primary N) is 5. The van der Waals surface area contributed by atoms with Crippen molar-refractivity contribution in [2.24, 2.45) is 34.6 Å². The Labute approximate surface area is 770 Å². The summed E-state index contributed by atoms with van der Waals surface area (Å²) in [6.07, 6.45) is 6.90. The molecule has 0 aliphatic carbocycles. The molecule has 8 aromatic rings. The predicted molar refractivity (Wildman–Crippen MR) is 482 cm³/mol. The molecule has 7 saturated heterocycles. The van der Waals surface area contributed by atoms with E-state index in [4.69, 9.17) is 73.7 Å². The maximum absolute atomic E-state index is 11.7. The Balaban J connectivity index is 0.000000251. The van der Waals surface area contributed by atoms with Crippen LogP contribution in [-0.4, -0.2) is 174 Å². The molecule has 125 heavy (non-hydrogen) atoms. The molecule has 0 spiro atoms. The van der Waals surface area contributed by atoms with Crippen molar-refractivity contribution >= 4 is 106 Å². The largest absolute Gasteiger partial charge is 1.00 e. The number of amides is 10. The molecule has 0 saturated carbocycles. The maximum Gasteiger partial charge on any atom is 1.00 e. The number of halogens is 3. The first kappa shape index (κ1) is 103. The fraction of sp³-hybridized carbons (Fsp3) is 0.368. The van der Waals surface area contributed by atoms with E-state index in [9.17, 15) is 57.5 Å². The van der Waals surface area contributed by atoms with Crippen LogP contribution in [0.1, 0.15) is 184 Å². The summed E-state index contributed by atoms with van der Waals surface area (Å²) in [7, 11) is 0. The van der Waals surface area contributed by atoms with E-state index in [1.54, 1.807) is 17.0 Å². The van der Waals surface area contributed by atoms with Gasteiger partial charge in [-0.05, 0) is 113 Å². The summed E-state index contributed by atoms with van der Waals surface area (Å²) in [6, 6.07) is 71.6. The molecule has 0 bridgehead atoms. The van der Waals surface area contributed by atoms with Crippen LogP contribution in [0.4, 0.5) is 0 Å². The zero-order valence-corrected chi connectivity index (χ0v) is 75.3. The number of hydrogen-bond acceptors (Lipinski definition) is 14. The van der Waals surface area contributed by atoms with Gasteiger partial charge in [0, 0.05) is 153 Å². The predicted octanol–water partition coefficient (Wildman–Crippen LogP) is 8.52. The minimum Gasteiger partial charge on any atom is -1.00 e. The summed E-state index contributed by atoms with van der Waals surface area (Å²) in [4.78, 5) is 137. The van der Waals surface area contributed by atoms with Crippen LogP contribution in [0, 0.1) is 5.92 Å². The molecule has 10 amide bonds. The van der Waals surface area contributed by atoms with Crippen LogP contribution in [-0.2, 0) is 57.5 Å². The number of benzene rings is 8. The third-order valence-corrected chi connectivity index (χ3v) is 22.6. The van der Waals surface area contributed by atoms with Crippen LogP contribution in [0.5, 0.6) is 0 Å². The van der Waals surface area contributed by atoms with E-state index in [1.807, 2.05) is 195 Å². The molecule has 7 fully saturated rings. The molecule has 662 valence electrons. The molecule has 8 aromatic carbocycles. The smallest absolute Gasteiger partial charge is 1.00 e. The van der Waals surface area contributed by atoms with Crippen LogP contribution < -0.4 is 79.5 Å². The van der Waals surface area contributed by atoms with Gasteiger partial charge >= 0.3 is 41.5 Å². The molecular formula is C95H116Cl3N12NaO14. The SMILES string of the molecule is CCC[C@@H]1CC(=O)N(C(CC)C(N)=O)C1.NC(=O)CN1C[C@@H](c2ccccc2)CC1=O.NC(=O)CN1C[C@H](c2ccccc2)CC1=O.NC[C@@H](CC(=O)O)c1ccc(Cl)cc1.NC[C@@H](CC(=O)O)c1ccccc1.O=C1C[C@@H](c2ccc(Cl)cc2)CN1.O=C1C[C@@H](c2ccccc2)CN1.O=C1C[C@H](c2ccc(Cl)cc2)CN1.O=C1C[C@H](c2ccccc2)CN1.[H-].[Na+]. The Hall–Kier alpha value is -10.8.